The smallest absolute Gasteiger partial charge is 0.330 e. The van der Waals surface area contributed by atoms with Crippen LogP contribution in [0, 0.1) is 0 Å². The third kappa shape index (κ3) is 20.8. The number of rotatable bonds is 20. The van der Waals surface area contributed by atoms with E-state index in [2.05, 4.69) is 49.5 Å². The predicted molar refractivity (Wildman–Crippen MR) is 454 cm³/mol. The Bertz CT molecular complexity index is 5590. The van der Waals surface area contributed by atoms with Gasteiger partial charge in [-0.3, -0.25) is 38.4 Å². The van der Waals surface area contributed by atoms with Gasteiger partial charge in [0.1, 0.15) is 162 Å². The lowest BCUT2D eigenvalue weighted by Gasteiger charge is -2.44. The number of carboxylic acids is 1. The zero-order valence-corrected chi connectivity index (χ0v) is 72.0. The molecule has 24 atom stereocenters. The topological polar surface area (TPSA) is 683 Å². The molecule has 7 aromatic rings. The highest BCUT2D eigenvalue weighted by Gasteiger charge is 2.53. The summed E-state index contributed by atoms with van der Waals surface area (Å²) in [6.45, 7) is -0.166. The molecule has 0 aromatic heterocycles. The van der Waals surface area contributed by atoms with Crippen LogP contribution in [0.4, 0.5) is 0 Å². The second-order valence-corrected chi connectivity index (χ2v) is 33.6. The van der Waals surface area contributed by atoms with E-state index < -0.39 is 338 Å². The first-order valence-electron chi connectivity index (χ1n) is 42.2. The summed E-state index contributed by atoms with van der Waals surface area (Å²) in [5.41, 5.74) is 2.02. The molecule has 3 fully saturated rings. The molecule has 17 bridgehead atoms. The Hall–Kier alpha value is -12.1. The van der Waals surface area contributed by atoms with E-state index in [-0.39, 0.29) is 17.5 Å². The van der Waals surface area contributed by atoms with E-state index in [1.165, 1.54) is 6.07 Å². The molecule has 9 heterocycles. The summed E-state index contributed by atoms with van der Waals surface area (Å²) in [6.07, 6.45) is -25.9. The summed E-state index contributed by atoms with van der Waals surface area (Å²) in [6, 6.07) is -1.36. The monoisotopic (exact) mass is 1890 g/mol. The number of nitrogens with one attached hydrogen (secondary N) is 8. The van der Waals surface area contributed by atoms with Crippen molar-refractivity contribution in [1.82, 2.24) is 42.5 Å². The number of aliphatic hydroxyl groups is 11. The first-order chi connectivity index (χ1) is 63.4. The molecule has 0 radical (unpaired) electrons. The van der Waals surface area contributed by atoms with Crippen molar-refractivity contribution < 1.29 is 167 Å². The second kappa shape index (κ2) is 41.2. The van der Waals surface area contributed by atoms with Gasteiger partial charge in [0.25, 0.3) is 0 Å². The number of ether oxygens (including phenoxy) is 9. The number of aliphatic carboxylic acids is 1. The van der Waals surface area contributed by atoms with Gasteiger partial charge in [0.05, 0.1) is 29.9 Å². The Morgan fingerprint density at radius 3 is 1.59 bits per heavy atom. The van der Waals surface area contributed by atoms with Crippen molar-refractivity contribution in [2.24, 2.45) is 5.73 Å². The largest absolute Gasteiger partial charge is 0.508 e. The third-order valence-electron chi connectivity index (χ3n) is 23.6. The van der Waals surface area contributed by atoms with Gasteiger partial charge in [0.2, 0.25) is 65.6 Å². The highest BCUT2D eigenvalue weighted by Crippen LogP contribution is 2.51. The molecule has 712 valence electrons. The molecule has 9 aliphatic heterocycles. The molecule has 0 spiro atoms. The van der Waals surface area contributed by atoms with Gasteiger partial charge in [-0.05, 0) is 119 Å². The molecule has 8 amide bonds. The van der Waals surface area contributed by atoms with Gasteiger partial charge in [-0.25, -0.2) is 4.79 Å². The summed E-state index contributed by atoms with van der Waals surface area (Å²) in [4.78, 5) is 138. The Morgan fingerprint density at radius 1 is 0.459 bits per heavy atom. The number of benzene rings is 7. The van der Waals surface area contributed by atoms with Crippen molar-refractivity contribution >= 4 is 76.4 Å². The minimum absolute atomic E-state index is 0.0566. The van der Waals surface area contributed by atoms with Crippen molar-refractivity contribution in [3.8, 4) is 80.1 Å². The van der Waals surface area contributed by atoms with Crippen LogP contribution in [0.5, 0.6) is 69.0 Å². The highest BCUT2D eigenvalue weighted by molar-refractivity contribution is 6.32. The number of phenols is 4. The normalized spacial score (nSPS) is 29.3. The van der Waals surface area contributed by atoms with Gasteiger partial charge in [-0.1, -0.05) is 92.9 Å². The number of hydrogen-bond donors (Lipinski definition) is 25. The minimum Gasteiger partial charge on any atom is -0.508 e. The van der Waals surface area contributed by atoms with Gasteiger partial charge in [-0.15, -0.1) is 0 Å². The third-order valence-corrected chi connectivity index (χ3v) is 24.2. The van der Waals surface area contributed by atoms with Crippen molar-refractivity contribution in [2.45, 2.75) is 212 Å². The van der Waals surface area contributed by atoms with Gasteiger partial charge in [0, 0.05) is 42.2 Å². The number of fused-ring (bicyclic) bond motifs is 14. The fourth-order valence-corrected chi connectivity index (χ4v) is 17.0. The van der Waals surface area contributed by atoms with Crippen molar-refractivity contribution in [1.29, 1.82) is 0 Å². The molecule has 45 heteroatoms. The van der Waals surface area contributed by atoms with E-state index >= 15 is 24.0 Å². The maximum atomic E-state index is 17.0. The number of aliphatic hydroxyl groups excluding tert-OH is 11. The molecular weight excluding hydrogens is 1800 g/mol. The first-order valence-corrected chi connectivity index (χ1v) is 43.0. The molecule has 43 nitrogen and oxygen atoms in total. The summed E-state index contributed by atoms with van der Waals surface area (Å²) < 4.78 is 57.3. The van der Waals surface area contributed by atoms with Crippen molar-refractivity contribution in [2.75, 3.05) is 19.8 Å². The lowest BCUT2D eigenvalue weighted by atomic mass is 9.89. The quantitative estimate of drug-likeness (QED) is 0.0466. The number of halogens is 2. The molecule has 0 unspecified atom stereocenters. The first kappa shape index (κ1) is 96.9. The van der Waals surface area contributed by atoms with E-state index in [0.29, 0.717) is 12.8 Å². The summed E-state index contributed by atoms with van der Waals surface area (Å²) in [5.74, 6) is -20.7. The molecule has 0 saturated carbocycles. The van der Waals surface area contributed by atoms with Crippen LogP contribution < -0.4 is 72.0 Å². The number of carboxylic acid groups (broad SMARTS) is 1. The lowest BCUT2D eigenvalue weighted by Crippen LogP contribution is -2.65. The molecular formula is C88H97Cl2N9O34. The molecule has 133 heavy (non-hydrogen) atoms. The number of aromatic hydroxyl groups is 4. The number of amides is 8. The zero-order valence-electron chi connectivity index (χ0n) is 70.4. The fraction of sp³-hybridized carbons (Fsp3) is 0.420. The Balaban J connectivity index is 1.04. The number of carbonyl (C=O) groups excluding carboxylic acids is 8. The summed E-state index contributed by atoms with van der Waals surface area (Å²) in [5, 5.41) is 202. The SMILES string of the molecule is CCCCCCCCCC(=O)N[C@H]1[C@H](Oc2c3cc4cc2Oc2ccc(cc2Cl)[C@@H](O[C@@H]2O[C@H](CO)[C@@H](O)[C@H](O)[C@H]2NC(C)=O)[C@@H]2NC(=O)[C@@H](NC(=O)[C@@H]4NC(=O)[C@H]4NC(=O)[C@H](NC(=O)[C@@H](N)c5ccc(O)c(c5)Oc5cc(O)cc4c5)[C@H](O)c4ccc(c(Cl)c4)O3)c3ccc(O)c(c3)-c3c(O[C@@H]4O[C@H](CO)[C@@H](O)[C@H](O)[C@H]4O)cc(O)cc3[C@@H](C(=O)O)NC2=O)O[C@H](CO)[C@@H](O)[C@@H]1O. The van der Waals surface area contributed by atoms with Crippen LogP contribution in [0.3, 0.4) is 0 Å². The average Bonchev–Trinajstić information content (AvgIpc) is 0.663. The fourth-order valence-electron chi connectivity index (χ4n) is 16.6. The Kier molecular flexibility index (Phi) is 30.0. The summed E-state index contributed by atoms with van der Waals surface area (Å²) >= 11 is 14.7. The summed E-state index contributed by atoms with van der Waals surface area (Å²) in [7, 11) is 0. The standard InChI is InChI=1S/C88H97Cl2N9O34/c1-3-4-5-6-7-8-9-10-58(108)93-67-74(114)71(111)56(31-101)130-87(67)133-78-53-25-39-26-54(78)127-50-18-14-37(23-46(50)90)77(132-86-66(92-33(2)103)73(113)70(110)55(30-100)129-86)68-84(122)97-64(85(123)124)44-28-41(105)29-52(128-88-76(116)75(115)72(112)57(32-102)131-88)59(44)43-21-35(12-15-47(43)106)61(80(118)99-68)94-82(120)63(39)95-81(119)62-38-19-40(104)27-42(20-38)125-51-24-34(11-16-48(51)107)60(91)79(117)98-65(83(121)96-62)69(109)36-13-17-49(126-53)45(89)22-36/h11-29,55-57,60-77,86-88,100-102,104-107,109-116H,3-10,30-32,91H2,1-2H3,(H,92,103)(H,93,108)(H,94,120)(H,95,119)(H,96,121)(H,97,122)(H,98,117)(H,99,118)(H,123,124)/t55-,56-,57-,60+,61+,62+,63-,64+,65-,66-,67-,68+,69-,70-,71-,72-,73-,74-,75+,76-,77-,86+,87+,88-/m1/s1. The predicted octanol–water partition coefficient (Wildman–Crippen LogP) is 0.655. The Morgan fingerprint density at radius 2 is 0.970 bits per heavy atom. The molecule has 7 aromatic carbocycles. The van der Waals surface area contributed by atoms with Gasteiger partial charge in [-0.2, -0.15) is 0 Å². The average molecular weight is 1900 g/mol. The van der Waals surface area contributed by atoms with Gasteiger partial charge < -0.3 is 173 Å². The number of carbonyl (C=O) groups is 9. The highest BCUT2D eigenvalue weighted by atomic mass is 35.5. The molecule has 0 aliphatic carbocycles. The van der Waals surface area contributed by atoms with Crippen LogP contribution in [0.1, 0.15) is 147 Å². The minimum atomic E-state index is -2.61. The number of nitrogens with two attached hydrogens (primary N) is 1. The molecule has 26 N–H and O–H groups in total. The molecule has 3 saturated heterocycles. The van der Waals surface area contributed by atoms with Crippen LogP contribution in [0.15, 0.2) is 115 Å². The van der Waals surface area contributed by atoms with Crippen LogP contribution in [-0.4, -0.2) is 259 Å². The van der Waals surface area contributed by atoms with E-state index in [0.717, 1.165) is 148 Å². The van der Waals surface area contributed by atoms with Gasteiger partial charge >= 0.3 is 5.97 Å². The van der Waals surface area contributed by atoms with E-state index in [1.807, 2.05) is 0 Å². The second-order valence-electron chi connectivity index (χ2n) is 32.8. The van der Waals surface area contributed by atoms with Crippen LogP contribution in [-0.2, 0) is 62.1 Å². The van der Waals surface area contributed by atoms with E-state index in [1.54, 1.807) is 0 Å². The molecule has 16 rings (SSSR count). The van der Waals surface area contributed by atoms with Crippen molar-refractivity contribution in [3.63, 3.8) is 0 Å². The lowest BCUT2D eigenvalue weighted by molar-refractivity contribution is -0.284. The van der Waals surface area contributed by atoms with Crippen LogP contribution >= 0.6 is 23.2 Å². The van der Waals surface area contributed by atoms with E-state index in [4.69, 9.17) is 71.6 Å². The maximum Gasteiger partial charge on any atom is 0.330 e. The van der Waals surface area contributed by atoms with E-state index in [9.17, 15) is 101 Å². The molecule has 9 aliphatic rings. The Labute approximate surface area is 764 Å². The van der Waals surface area contributed by atoms with Crippen molar-refractivity contribution in [3.05, 3.63) is 164 Å². The number of hydrogen-bond acceptors (Lipinski definition) is 34. The maximum absolute atomic E-state index is 17.0. The number of phenolic OH excluding ortho intramolecular Hbond substituents is 4. The van der Waals surface area contributed by atoms with Crippen LogP contribution in [0.2, 0.25) is 10.0 Å². The van der Waals surface area contributed by atoms with Crippen LogP contribution in [0.25, 0.3) is 11.1 Å². The number of unbranched alkanes of at least 4 members (excludes halogenated alkanes) is 6. The van der Waals surface area contributed by atoms with Gasteiger partial charge in [0.15, 0.2) is 35.3 Å². The zero-order chi connectivity index (χ0) is 95.6.